The topological polar surface area (TPSA) is 35.5 Å². The number of phenolic OH excluding ortho intramolecular Hbond substituents is 1. The van der Waals surface area contributed by atoms with Gasteiger partial charge in [0.1, 0.15) is 5.75 Å². The molecular formula is C16H23BrN2O. The molecule has 20 heavy (non-hydrogen) atoms. The van der Waals surface area contributed by atoms with E-state index in [0.29, 0.717) is 17.8 Å². The summed E-state index contributed by atoms with van der Waals surface area (Å²) in [6.07, 6.45) is 4.88. The van der Waals surface area contributed by atoms with Crippen molar-refractivity contribution in [2.24, 2.45) is 0 Å². The van der Waals surface area contributed by atoms with Crippen molar-refractivity contribution in [3.05, 3.63) is 28.2 Å². The summed E-state index contributed by atoms with van der Waals surface area (Å²) in [5.74, 6) is 0.397. The second kappa shape index (κ2) is 6.04. The van der Waals surface area contributed by atoms with E-state index in [9.17, 15) is 5.11 Å². The van der Waals surface area contributed by atoms with Crippen molar-refractivity contribution < 1.29 is 5.11 Å². The number of nitrogens with one attached hydrogen (secondary N) is 1. The monoisotopic (exact) mass is 338 g/mol. The first kappa shape index (κ1) is 14.4. The number of phenols is 1. The zero-order chi connectivity index (χ0) is 14.1. The molecule has 110 valence electrons. The van der Waals surface area contributed by atoms with Gasteiger partial charge in [-0.05, 0) is 50.4 Å². The summed E-state index contributed by atoms with van der Waals surface area (Å²) in [4.78, 5) is 2.62. The molecule has 0 radical (unpaired) electrons. The van der Waals surface area contributed by atoms with Crippen LogP contribution in [0.3, 0.4) is 0 Å². The van der Waals surface area contributed by atoms with Crippen molar-refractivity contribution in [3.63, 3.8) is 0 Å². The van der Waals surface area contributed by atoms with Crippen molar-refractivity contribution in [1.82, 2.24) is 10.2 Å². The average Bonchev–Trinajstić information content (AvgIpc) is 3.03. The lowest BCUT2D eigenvalue weighted by molar-refractivity contribution is 0.286. The van der Waals surface area contributed by atoms with Crippen molar-refractivity contribution in [1.29, 1.82) is 0 Å². The SMILES string of the molecule is CCC(NC1CCN2CCCC12)c1cc(Br)ccc1O. The quantitative estimate of drug-likeness (QED) is 0.882. The molecule has 4 heteroatoms. The Kier molecular flexibility index (Phi) is 4.34. The van der Waals surface area contributed by atoms with Crippen molar-refractivity contribution in [2.75, 3.05) is 13.1 Å². The van der Waals surface area contributed by atoms with E-state index >= 15 is 0 Å². The Morgan fingerprint density at radius 2 is 2.25 bits per heavy atom. The first-order valence-electron chi connectivity index (χ1n) is 7.67. The number of rotatable bonds is 4. The number of hydrogen-bond donors (Lipinski definition) is 2. The van der Waals surface area contributed by atoms with Gasteiger partial charge >= 0.3 is 0 Å². The fourth-order valence-electron chi connectivity index (χ4n) is 3.77. The molecule has 0 bridgehead atoms. The van der Waals surface area contributed by atoms with Crippen LogP contribution in [-0.2, 0) is 0 Å². The Labute approximate surface area is 129 Å². The lowest BCUT2D eigenvalue weighted by Gasteiger charge is -2.27. The minimum Gasteiger partial charge on any atom is -0.508 e. The van der Waals surface area contributed by atoms with Crippen LogP contribution >= 0.6 is 15.9 Å². The molecular weight excluding hydrogens is 316 g/mol. The molecule has 2 fully saturated rings. The Hall–Kier alpha value is -0.580. The zero-order valence-electron chi connectivity index (χ0n) is 12.0. The van der Waals surface area contributed by atoms with Gasteiger partial charge in [-0.1, -0.05) is 22.9 Å². The largest absolute Gasteiger partial charge is 0.508 e. The van der Waals surface area contributed by atoms with Crippen molar-refractivity contribution in [3.8, 4) is 5.75 Å². The number of hydrogen-bond acceptors (Lipinski definition) is 3. The van der Waals surface area contributed by atoms with E-state index in [4.69, 9.17) is 0 Å². The van der Waals surface area contributed by atoms with Crippen LogP contribution in [0, 0.1) is 0 Å². The first-order chi connectivity index (χ1) is 9.69. The summed E-state index contributed by atoms with van der Waals surface area (Å²) in [6, 6.07) is 7.22. The molecule has 0 spiro atoms. The van der Waals surface area contributed by atoms with E-state index in [0.717, 1.165) is 16.5 Å². The van der Waals surface area contributed by atoms with Crippen LogP contribution in [0.5, 0.6) is 5.75 Å². The molecule has 2 N–H and O–H groups in total. The molecule has 1 aromatic carbocycles. The summed E-state index contributed by atoms with van der Waals surface area (Å²) in [5, 5.41) is 13.9. The summed E-state index contributed by atoms with van der Waals surface area (Å²) < 4.78 is 1.03. The van der Waals surface area contributed by atoms with Crippen molar-refractivity contribution in [2.45, 2.75) is 50.7 Å². The smallest absolute Gasteiger partial charge is 0.120 e. The molecule has 1 aromatic rings. The Bertz CT molecular complexity index is 480. The number of fused-ring (bicyclic) bond motifs is 1. The third kappa shape index (κ3) is 2.74. The van der Waals surface area contributed by atoms with Crippen LogP contribution in [0.25, 0.3) is 0 Å². The van der Waals surface area contributed by atoms with Gasteiger partial charge in [-0.3, -0.25) is 4.90 Å². The summed E-state index contributed by atoms with van der Waals surface area (Å²) in [7, 11) is 0. The van der Waals surface area contributed by atoms with E-state index < -0.39 is 0 Å². The highest BCUT2D eigenvalue weighted by atomic mass is 79.9. The average molecular weight is 339 g/mol. The molecule has 3 rings (SSSR count). The van der Waals surface area contributed by atoms with E-state index in [1.165, 1.54) is 32.4 Å². The molecule has 2 aliphatic heterocycles. The van der Waals surface area contributed by atoms with Gasteiger partial charge in [-0.15, -0.1) is 0 Å². The molecule has 3 unspecified atom stereocenters. The summed E-state index contributed by atoms with van der Waals surface area (Å²) in [6.45, 7) is 4.67. The minimum absolute atomic E-state index is 0.234. The van der Waals surface area contributed by atoms with E-state index in [-0.39, 0.29) is 6.04 Å². The van der Waals surface area contributed by atoms with Gasteiger partial charge < -0.3 is 10.4 Å². The van der Waals surface area contributed by atoms with Gasteiger partial charge in [0.2, 0.25) is 0 Å². The number of benzene rings is 1. The second-order valence-corrected chi connectivity index (χ2v) is 6.89. The Morgan fingerprint density at radius 1 is 1.40 bits per heavy atom. The molecule has 3 nitrogen and oxygen atoms in total. The standard InChI is InChI=1S/C16H23BrN2O/c1-2-13(12-10-11(17)5-6-16(12)20)18-14-7-9-19-8-3-4-15(14)19/h5-6,10,13-15,18,20H,2-4,7-9H2,1H3. The van der Waals surface area contributed by atoms with Gasteiger partial charge in [0.05, 0.1) is 0 Å². The lowest BCUT2D eigenvalue weighted by atomic mass is 9.99. The molecule has 2 saturated heterocycles. The van der Waals surface area contributed by atoms with E-state index in [2.05, 4.69) is 33.1 Å². The predicted octanol–water partition coefficient (Wildman–Crippen LogP) is 3.43. The minimum atomic E-state index is 0.234. The number of halogens is 1. The first-order valence-corrected chi connectivity index (χ1v) is 8.47. The Morgan fingerprint density at radius 3 is 3.05 bits per heavy atom. The zero-order valence-corrected chi connectivity index (χ0v) is 13.6. The predicted molar refractivity (Wildman–Crippen MR) is 85.0 cm³/mol. The van der Waals surface area contributed by atoms with Crippen LogP contribution in [0.4, 0.5) is 0 Å². The highest BCUT2D eigenvalue weighted by Crippen LogP contribution is 2.33. The van der Waals surface area contributed by atoms with E-state index in [1.807, 2.05) is 12.1 Å². The normalized spacial score (nSPS) is 27.7. The molecule has 0 aliphatic carbocycles. The molecule has 2 aliphatic rings. The van der Waals surface area contributed by atoms with Crippen molar-refractivity contribution >= 4 is 15.9 Å². The van der Waals surface area contributed by atoms with Gasteiger partial charge in [0.15, 0.2) is 0 Å². The summed E-state index contributed by atoms with van der Waals surface area (Å²) in [5.41, 5.74) is 1.01. The van der Waals surface area contributed by atoms with Crippen LogP contribution in [0.1, 0.15) is 44.2 Å². The third-order valence-electron chi connectivity index (χ3n) is 4.79. The fourth-order valence-corrected chi connectivity index (χ4v) is 4.15. The number of nitrogens with zero attached hydrogens (tertiary/aromatic N) is 1. The molecule has 0 aromatic heterocycles. The van der Waals surface area contributed by atoms with Gasteiger partial charge in [-0.25, -0.2) is 0 Å². The van der Waals surface area contributed by atoms with Crippen LogP contribution in [0.2, 0.25) is 0 Å². The van der Waals surface area contributed by atoms with Crippen LogP contribution < -0.4 is 5.32 Å². The maximum Gasteiger partial charge on any atom is 0.120 e. The van der Waals surface area contributed by atoms with Gasteiger partial charge in [0, 0.05) is 34.7 Å². The lowest BCUT2D eigenvalue weighted by Crippen LogP contribution is -2.40. The van der Waals surface area contributed by atoms with Crippen LogP contribution in [0.15, 0.2) is 22.7 Å². The molecule has 2 heterocycles. The maximum atomic E-state index is 10.1. The van der Waals surface area contributed by atoms with Gasteiger partial charge in [-0.2, -0.15) is 0 Å². The van der Waals surface area contributed by atoms with Gasteiger partial charge in [0.25, 0.3) is 0 Å². The maximum absolute atomic E-state index is 10.1. The highest BCUT2D eigenvalue weighted by molar-refractivity contribution is 9.10. The summed E-state index contributed by atoms with van der Waals surface area (Å²) >= 11 is 3.50. The third-order valence-corrected chi connectivity index (χ3v) is 5.29. The van der Waals surface area contributed by atoms with Crippen LogP contribution in [-0.4, -0.2) is 35.2 Å². The molecule has 0 amide bonds. The number of aromatic hydroxyl groups is 1. The Balaban J connectivity index is 1.75. The second-order valence-electron chi connectivity index (χ2n) is 5.97. The molecule has 3 atom stereocenters. The fraction of sp³-hybridized carbons (Fsp3) is 0.625. The van der Waals surface area contributed by atoms with E-state index in [1.54, 1.807) is 6.07 Å². The molecule has 0 saturated carbocycles. The highest BCUT2D eigenvalue weighted by Gasteiger charge is 2.37.